The minimum atomic E-state index is 0.617. The fraction of sp³-hybridized carbons (Fsp3) is 0.500. The summed E-state index contributed by atoms with van der Waals surface area (Å²) in [6.45, 7) is 0. The van der Waals surface area contributed by atoms with Gasteiger partial charge in [0.25, 0.3) is 0 Å². The molecule has 2 heteroatoms. The van der Waals surface area contributed by atoms with Gasteiger partial charge in [-0.15, -0.1) is 0 Å². The maximum absolute atomic E-state index is 8.89. The standard InChI is InChI=1S/C14H16N2/c15-9-10-6-7-12-11-4-2-1-3-5-13(11)16-14(12)8-10/h6-8,11,13,16H,1-5H2. The van der Waals surface area contributed by atoms with Crippen molar-refractivity contribution in [3.05, 3.63) is 29.3 Å². The average molecular weight is 212 g/mol. The van der Waals surface area contributed by atoms with E-state index in [1.807, 2.05) is 12.1 Å². The maximum Gasteiger partial charge on any atom is 0.0992 e. The van der Waals surface area contributed by atoms with Gasteiger partial charge in [0.1, 0.15) is 0 Å². The van der Waals surface area contributed by atoms with E-state index in [2.05, 4.69) is 17.5 Å². The molecule has 0 bridgehead atoms. The Morgan fingerprint density at radius 3 is 2.94 bits per heavy atom. The second-order valence-corrected chi connectivity index (χ2v) is 4.91. The first-order chi connectivity index (χ1) is 7.88. The number of rotatable bonds is 0. The fourth-order valence-electron chi connectivity index (χ4n) is 3.13. The van der Waals surface area contributed by atoms with Gasteiger partial charge in [-0.2, -0.15) is 5.26 Å². The molecule has 1 aromatic rings. The molecule has 3 rings (SSSR count). The smallest absolute Gasteiger partial charge is 0.0992 e. The molecule has 1 aliphatic carbocycles. The van der Waals surface area contributed by atoms with Crippen LogP contribution in [0.3, 0.4) is 0 Å². The molecule has 2 unspecified atom stereocenters. The molecule has 2 atom stereocenters. The SMILES string of the molecule is N#Cc1ccc2c(c1)NC1CCCCCC21. The first-order valence-electron chi connectivity index (χ1n) is 6.19. The Morgan fingerprint density at radius 2 is 2.06 bits per heavy atom. The zero-order valence-corrected chi connectivity index (χ0v) is 9.37. The van der Waals surface area contributed by atoms with E-state index in [-0.39, 0.29) is 0 Å². The van der Waals surface area contributed by atoms with E-state index >= 15 is 0 Å². The molecule has 2 aliphatic rings. The Bertz CT molecular complexity index is 445. The molecular weight excluding hydrogens is 196 g/mol. The first-order valence-corrected chi connectivity index (χ1v) is 6.19. The van der Waals surface area contributed by atoms with Gasteiger partial charge in [0, 0.05) is 17.6 Å². The van der Waals surface area contributed by atoms with Crippen LogP contribution in [0.2, 0.25) is 0 Å². The lowest BCUT2D eigenvalue weighted by Crippen LogP contribution is -2.18. The van der Waals surface area contributed by atoms with Gasteiger partial charge in [0.2, 0.25) is 0 Å². The predicted octanol–water partition coefficient (Wildman–Crippen LogP) is 3.40. The highest BCUT2D eigenvalue weighted by atomic mass is 15.0. The van der Waals surface area contributed by atoms with Gasteiger partial charge < -0.3 is 5.32 Å². The maximum atomic E-state index is 8.89. The number of nitrogens with one attached hydrogen (secondary N) is 1. The molecule has 0 radical (unpaired) electrons. The van der Waals surface area contributed by atoms with Crippen molar-refractivity contribution >= 4 is 5.69 Å². The molecule has 0 amide bonds. The number of benzene rings is 1. The number of fused-ring (bicyclic) bond motifs is 3. The molecule has 1 N–H and O–H groups in total. The topological polar surface area (TPSA) is 35.8 Å². The van der Waals surface area contributed by atoms with Crippen molar-refractivity contribution in [3.63, 3.8) is 0 Å². The molecule has 1 heterocycles. The van der Waals surface area contributed by atoms with E-state index in [0.717, 1.165) is 5.56 Å². The third-order valence-electron chi connectivity index (χ3n) is 3.94. The highest BCUT2D eigenvalue weighted by molar-refractivity contribution is 5.62. The van der Waals surface area contributed by atoms with Crippen molar-refractivity contribution in [1.29, 1.82) is 5.26 Å². The summed E-state index contributed by atoms with van der Waals surface area (Å²) in [7, 11) is 0. The summed E-state index contributed by atoms with van der Waals surface area (Å²) >= 11 is 0. The van der Waals surface area contributed by atoms with Crippen molar-refractivity contribution in [2.24, 2.45) is 0 Å². The summed E-state index contributed by atoms with van der Waals surface area (Å²) in [4.78, 5) is 0. The molecule has 1 fully saturated rings. The van der Waals surface area contributed by atoms with E-state index in [0.29, 0.717) is 12.0 Å². The van der Waals surface area contributed by atoms with Crippen LogP contribution in [0.4, 0.5) is 5.69 Å². The Labute approximate surface area is 96.3 Å². The van der Waals surface area contributed by atoms with E-state index in [4.69, 9.17) is 5.26 Å². The van der Waals surface area contributed by atoms with Gasteiger partial charge in [-0.25, -0.2) is 0 Å². The molecule has 1 aliphatic heterocycles. The van der Waals surface area contributed by atoms with Crippen LogP contribution in [0.5, 0.6) is 0 Å². The van der Waals surface area contributed by atoms with Crippen LogP contribution < -0.4 is 5.32 Å². The quantitative estimate of drug-likeness (QED) is 0.715. The Hall–Kier alpha value is -1.49. The molecule has 0 aromatic heterocycles. The van der Waals surface area contributed by atoms with Crippen LogP contribution in [-0.2, 0) is 0 Å². The molecular formula is C14H16N2. The fourth-order valence-corrected chi connectivity index (χ4v) is 3.13. The average Bonchev–Trinajstić information content (AvgIpc) is 2.50. The van der Waals surface area contributed by atoms with Gasteiger partial charge >= 0.3 is 0 Å². The minimum absolute atomic E-state index is 0.617. The Kier molecular flexibility index (Phi) is 2.32. The van der Waals surface area contributed by atoms with Crippen LogP contribution in [-0.4, -0.2) is 6.04 Å². The number of hydrogen-bond donors (Lipinski definition) is 1. The number of hydrogen-bond acceptors (Lipinski definition) is 2. The largest absolute Gasteiger partial charge is 0.381 e. The molecule has 2 nitrogen and oxygen atoms in total. The Balaban J connectivity index is 1.97. The van der Waals surface area contributed by atoms with E-state index in [1.54, 1.807) is 0 Å². The number of nitrogens with zero attached hydrogens (tertiary/aromatic N) is 1. The van der Waals surface area contributed by atoms with Crippen LogP contribution >= 0.6 is 0 Å². The van der Waals surface area contributed by atoms with Crippen molar-refractivity contribution in [1.82, 2.24) is 0 Å². The third kappa shape index (κ3) is 1.48. The molecule has 1 saturated carbocycles. The lowest BCUT2D eigenvalue weighted by atomic mass is 9.91. The van der Waals surface area contributed by atoms with Gasteiger partial charge in [0.05, 0.1) is 11.6 Å². The summed E-state index contributed by atoms with van der Waals surface area (Å²) in [5.41, 5.74) is 3.41. The van der Waals surface area contributed by atoms with Crippen LogP contribution in [0.1, 0.15) is 49.1 Å². The van der Waals surface area contributed by atoms with E-state index in [9.17, 15) is 0 Å². The highest BCUT2D eigenvalue weighted by Gasteiger charge is 2.32. The zero-order valence-electron chi connectivity index (χ0n) is 9.37. The summed E-state index contributed by atoms with van der Waals surface area (Å²) in [5, 5.41) is 12.5. The van der Waals surface area contributed by atoms with E-state index < -0.39 is 0 Å². The Morgan fingerprint density at radius 1 is 1.19 bits per heavy atom. The molecule has 0 saturated heterocycles. The molecule has 1 aromatic carbocycles. The lowest BCUT2D eigenvalue weighted by Gasteiger charge is -2.16. The van der Waals surface area contributed by atoms with Crippen molar-refractivity contribution in [2.75, 3.05) is 5.32 Å². The van der Waals surface area contributed by atoms with Gasteiger partial charge in [-0.05, 0) is 30.5 Å². The summed E-state index contributed by atoms with van der Waals surface area (Å²) < 4.78 is 0. The monoisotopic (exact) mass is 212 g/mol. The first kappa shape index (κ1) is 9.72. The van der Waals surface area contributed by atoms with Crippen molar-refractivity contribution in [2.45, 2.75) is 44.1 Å². The lowest BCUT2D eigenvalue weighted by molar-refractivity contribution is 0.562. The highest BCUT2D eigenvalue weighted by Crippen LogP contribution is 2.42. The summed E-state index contributed by atoms with van der Waals surface area (Å²) in [6.07, 6.45) is 6.65. The summed E-state index contributed by atoms with van der Waals surface area (Å²) in [6, 6.07) is 8.93. The summed E-state index contributed by atoms with van der Waals surface area (Å²) in [5.74, 6) is 0.685. The van der Waals surface area contributed by atoms with Crippen molar-refractivity contribution < 1.29 is 0 Å². The van der Waals surface area contributed by atoms with E-state index in [1.165, 1.54) is 43.4 Å². The van der Waals surface area contributed by atoms with Gasteiger partial charge in [-0.3, -0.25) is 0 Å². The minimum Gasteiger partial charge on any atom is -0.381 e. The number of nitriles is 1. The molecule has 82 valence electrons. The van der Waals surface area contributed by atoms with Crippen LogP contribution in [0.25, 0.3) is 0 Å². The van der Waals surface area contributed by atoms with Crippen LogP contribution in [0, 0.1) is 11.3 Å². The van der Waals surface area contributed by atoms with Gasteiger partial charge in [0.15, 0.2) is 0 Å². The van der Waals surface area contributed by atoms with Crippen molar-refractivity contribution in [3.8, 4) is 6.07 Å². The second kappa shape index (κ2) is 3.83. The molecule has 16 heavy (non-hydrogen) atoms. The zero-order chi connectivity index (χ0) is 11.0. The number of anilines is 1. The van der Waals surface area contributed by atoms with Crippen LogP contribution in [0.15, 0.2) is 18.2 Å². The molecule has 0 spiro atoms. The second-order valence-electron chi connectivity index (χ2n) is 4.91. The predicted molar refractivity (Wildman–Crippen MR) is 64.4 cm³/mol. The third-order valence-corrected chi connectivity index (χ3v) is 3.94. The van der Waals surface area contributed by atoms with Gasteiger partial charge in [-0.1, -0.05) is 25.3 Å². The normalized spacial score (nSPS) is 27.2.